The molecule has 0 aliphatic carbocycles. The molecular weight excluding hydrogens is 259 g/mol. The van der Waals surface area contributed by atoms with Crippen molar-refractivity contribution in [3.05, 3.63) is 30.6 Å². The van der Waals surface area contributed by atoms with Crippen molar-refractivity contribution in [1.82, 2.24) is 0 Å². The number of hydrogen-bond acceptors (Lipinski definition) is 1. The van der Waals surface area contributed by atoms with Gasteiger partial charge in [-0.25, -0.2) is 0 Å². The third kappa shape index (κ3) is 18.7. The second-order valence-electron chi connectivity index (χ2n) is 2.61. The van der Waals surface area contributed by atoms with Crippen molar-refractivity contribution < 1.29 is 34.7 Å². The van der Waals surface area contributed by atoms with Crippen LogP contribution in [0.1, 0.15) is 6.92 Å². The minimum atomic E-state index is -10.7. The van der Waals surface area contributed by atoms with Crippen LogP contribution in [0.3, 0.4) is 0 Å². The molecule has 1 aromatic rings. The summed E-state index contributed by atoms with van der Waals surface area (Å²) in [5.74, 6) is 0. The summed E-state index contributed by atoms with van der Waals surface area (Å²) >= 11 is 0. The Morgan fingerprint density at radius 2 is 1.31 bits per heavy atom. The fourth-order valence-electron chi connectivity index (χ4n) is 0.618. The summed E-state index contributed by atoms with van der Waals surface area (Å²) in [5, 5.41) is 0. The predicted octanol–water partition coefficient (Wildman–Crippen LogP) is 3.81. The Hall–Kier alpha value is -1.04. The van der Waals surface area contributed by atoms with Crippen LogP contribution in [0.2, 0.25) is 0 Å². The standard InChI is InChI=1S/C7H10NO.F6P/c1-2-9-8-6-4-3-5-7-8;1-7(2,3,4,5)6/h3-7H,2H2,1H3;/q+1;-1. The quantitative estimate of drug-likeness (QED) is 0.452. The summed E-state index contributed by atoms with van der Waals surface area (Å²) in [6.45, 7) is 2.66. The van der Waals surface area contributed by atoms with Gasteiger partial charge in [-0.15, -0.1) is 0 Å². The zero-order valence-electron chi connectivity index (χ0n) is 8.16. The van der Waals surface area contributed by atoms with Gasteiger partial charge >= 0.3 is 33.0 Å². The fourth-order valence-corrected chi connectivity index (χ4v) is 0.618. The van der Waals surface area contributed by atoms with Crippen molar-refractivity contribution in [2.45, 2.75) is 6.92 Å². The van der Waals surface area contributed by atoms with Gasteiger partial charge in [0.05, 0.1) is 0 Å². The van der Waals surface area contributed by atoms with E-state index < -0.39 is 7.81 Å². The van der Waals surface area contributed by atoms with Crippen LogP contribution in [0.5, 0.6) is 0 Å². The Kier molecular flexibility index (Phi) is 3.82. The number of rotatable bonds is 2. The van der Waals surface area contributed by atoms with E-state index in [1.54, 1.807) is 4.73 Å². The molecule has 0 fully saturated rings. The molecule has 0 saturated carbocycles. The van der Waals surface area contributed by atoms with E-state index in [1.165, 1.54) is 0 Å². The van der Waals surface area contributed by atoms with Gasteiger partial charge in [0, 0.05) is 16.9 Å². The second kappa shape index (κ2) is 4.08. The van der Waals surface area contributed by atoms with Gasteiger partial charge < -0.3 is 0 Å². The molecule has 0 saturated heterocycles. The number of halogens is 6. The molecule has 16 heavy (non-hydrogen) atoms. The number of hydrogen-bond donors (Lipinski definition) is 0. The first-order valence-corrected chi connectivity index (χ1v) is 6.07. The molecular formula is C7H10F6NOP. The van der Waals surface area contributed by atoms with Gasteiger partial charge in [-0.2, -0.15) is 0 Å². The minimum absolute atomic E-state index is 0.703. The summed E-state index contributed by atoms with van der Waals surface area (Å²) in [6.07, 6.45) is 3.73. The Labute approximate surface area is 87.6 Å². The van der Waals surface area contributed by atoms with E-state index in [9.17, 15) is 25.2 Å². The summed E-state index contributed by atoms with van der Waals surface area (Å²) in [6, 6.07) is 5.81. The molecule has 0 atom stereocenters. The van der Waals surface area contributed by atoms with Crippen molar-refractivity contribution in [3.8, 4) is 0 Å². The van der Waals surface area contributed by atoms with Crippen LogP contribution in [-0.2, 0) is 0 Å². The van der Waals surface area contributed by atoms with Crippen LogP contribution >= 0.6 is 7.81 Å². The molecule has 0 spiro atoms. The summed E-state index contributed by atoms with van der Waals surface area (Å²) in [5.41, 5.74) is 0. The number of nitrogens with zero attached hydrogens (tertiary/aromatic N) is 1. The molecule has 0 unspecified atom stereocenters. The van der Waals surface area contributed by atoms with Gasteiger partial charge in [0.25, 0.3) is 0 Å². The van der Waals surface area contributed by atoms with Crippen LogP contribution < -0.4 is 9.57 Å². The Bertz CT molecular complexity index is 311. The molecule has 0 radical (unpaired) electrons. The van der Waals surface area contributed by atoms with Crippen molar-refractivity contribution in [2.24, 2.45) is 0 Å². The molecule has 0 aliphatic heterocycles. The molecule has 0 aliphatic rings. The van der Waals surface area contributed by atoms with E-state index in [0.717, 1.165) is 0 Å². The molecule has 1 aromatic heterocycles. The molecule has 0 amide bonds. The Morgan fingerprint density at radius 3 is 1.62 bits per heavy atom. The molecule has 0 aromatic carbocycles. The van der Waals surface area contributed by atoms with Gasteiger partial charge in [0.15, 0.2) is 6.61 Å². The first-order chi connectivity index (χ1) is 6.88. The number of aromatic nitrogens is 1. The van der Waals surface area contributed by atoms with E-state index in [-0.39, 0.29) is 0 Å². The first-order valence-electron chi connectivity index (χ1n) is 4.04. The first kappa shape index (κ1) is 15.0. The van der Waals surface area contributed by atoms with Gasteiger partial charge in [-0.3, -0.25) is 4.84 Å². The molecule has 0 bridgehead atoms. The maximum atomic E-state index is 9.87. The second-order valence-corrected chi connectivity index (χ2v) is 4.53. The van der Waals surface area contributed by atoms with E-state index in [4.69, 9.17) is 4.84 Å². The summed E-state index contributed by atoms with van der Waals surface area (Å²) < 4.78 is 60.9. The molecule has 1 heterocycles. The zero-order chi connectivity index (χ0) is 12.9. The fraction of sp³-hybridized carbons (Fsp3) is 0.286. The van der Waals surface area contributed by atoms with E-state index in [1.807, 2.05) is 37.5 Å². The van der Waals surface area contributed by atoms with Crippen molar-refractivity contribution in [2.75, 3.05) is 6.61 Å². The normalized spacial score (nSPS) is 15.2. The number of pyridine rings is 1. The molecule has 96 valence electrons. The van der Waals surface area contributed by atoms with Crippen LogP contribution in [0, 0.1) is 0 Å². The van der Waals surface area contributed by atoms with Crippen molar-refractivity contribution >= 4 is 7.81 Å². The summed E-state index contributed by atoms with van der Waals surface area (Å²) in [4.78, 5) is 5.12. The zero-order valence-corrected chi connectivity index (χ0v) is 9.06. The van der Waals surface area contributed by atoms with Gasteiger partial charge in [-0.05, 0) is 6.92 Å². The topological polar surface area (TPSA) is 13.1 Å². The van der Waals surface area contributed by atoms with E-state index in [2.05, 4.69) is 0 Å². The Morgan fingerprint density at radius 1 is 0.938 bits per heavy atom. The average Bonchev–Trinajstić information content (AvgIpc) is 2.01. The van der Waals surface area contributed by atoms with E-state index in [0.29, 0.717) is 6.61 Å². The van der Waals surface area contributed by atoms with Crippen LogP contribution in [0.25, 0.3) is 0 Å². The molecule has 9 heteroatoms. The SMILES string of the molecule is CCO[n+]1ccccc1.F[P-](F)(F)(F)(F)F. The average molecular weight is 269 g/mol. The van der Waals surface area contributed by atoms with Crippen molar-refractivity contribution in [1.29, 1.82) is 0 Å². The molecule has 1 rings (SSSR count). The summed E-state index contributed by atoms with van der Waals surface area (Å²) in [7, 11) is -10.7. The van der Waals surface area contributed by atoms with Gasteiger partial charge in [0.2, 0.25) is 12.4 Å². The molecule has 2 nitrogen and oxygen atoms in total. The predicted molar refractivity (Wildman–Crippen MR) is 47.3 cm³/mol. The Balaban J connectivity index is 0.000000293. The van der Waals surface area contributed by atoms with Gasteiger partial charge in [0.1, 0.15) is 0 Å². The monoisotopic (exact) mass is 269 g/mol. The van der Waals surface area contributed by atoms with Crippen LogP contribution in [-0.4, -0.2) is 6.61 Å². The maximum absolute atomic E-state index is 10.7. The third-order valence-electron chi connectivity index (χ3n) is 0.966. The van der Waals surface area contributed by atoms with Crippen molar-refractivity contribution in [3.63, 3.8) is 0 Å². The van der Waals surface area contributed by atoms with Crippen LogP contribution in [0.4, 0.5) is 25.2 Å². The van der Waals surface area contributed by atoms with Gasteiger partial charge in [-0.1, -0.05) is 6.07 Å². The third-order valence-corrected chi connectivity index (χ3v) is 0.966. The molecule has 0 N–H and O–H groups in total. The van der Waals surface area contributed by atoms with Crippen LogP contribution in [0.15, 0.2) is 30.6 Å². The van der Waals surface area contributed by atoms with E-state index >= 15 is 0 Å².